The summed E-state index contributed by atoms with van der Waals surface area (Å²) < 4.78 is 16.6. The van der Waals surface area contributed by atoms with Crippen LogP contribution in [-0.2, 0) is 28.6 Å². The Morgan fingerprint density at radius 3 is 1.15 bits per heavy atom. The normalized spacial score (nSPS) is 12.9. The van der Waals surface area contributed by atoms with E-state index in [4.69, 9.17) is 14.2 Å². The second-order valence-corrected chi connectivity index (χ2v) is 16.0. The van der Waals surface area contributed by atoms with Crippen molar-refractivity contribution in [3.8, 4) is 0 Å². The fourth-order valence-corrected chi connectivity index (χ4v) is 6.35. The number of hydrogen-bond donors (Lipinski definition) is 0. The van der Waals surface area contributed by atoms with E-state index in [9.17, 15) is 14.4 Å². The van der Waals surface area contributed by atoms with Crippen LogP contribution in [0.4, 0.5) is 0 Å². The molecule has 61 heavy (non-hydrogen) atoms. The van der Waals surface area contributed by atoms with Gasteiger partial charge in [0.2, 0.25) is 0 Å². The van der Waals surface area contributed by atoms with Crippen LogP contribution in [0.15, 0.2) is 97.2 Å². The van der Waals surface area contributed by atoms with E-state index in [1.54, 1.807) is 0 Å². The molecular weight excluding hydrogens is 757 g/mol. The third kappa shape index (κ3) is 47.2. The number of rotatable bonds is 43. The highest BCUT2D eigenvalue weighted by Gasteiger charge is 2.19. The van der Waals surface area contributed by atoms with Crippen LogP contribution in [0.5, 0.6) is 0 Å². The summed E-state index contributed by atoms with van der Waals surface area (Å²) in [6.07, 6.45) is 64.1. The summed E-state index contributed by atoms with van der Waals surface area (Å²) in [5, 5.41) is 0. The second-order valence-electron chi connectivity index (χ2n) is 16.0. The van der Waals surface area contributed by atoms with Crippen LogP contribution in [0.2, 0.25) is 0 Å². The number of carbonyl (C=O) groups excluding carboxylic acids is 3. The van der Waals surface area contributed by atoms with Crippen LogP contribution >= 0.6 is 0 Å². The average molecular weight is 847 g/mol. The van der Waals surface area contributed by atoms with Crippen molar-refractivity contribution in [3.63, 3.8) is 0 Å². The van der Waals surface area contributed by atoms with Gasteiger partial charge in [0.05, 0.1) is 0 Å². The van der Waals surface area contributed by atoms with Crippen LogP contribution < -0.4 is 0 Å². The van der Waals surface area contributed by atoms with Crippen molar-refractivity contribution in [2.45, 2.75) is 219 Å². The quantitative estimate of drug-likeness (QED) is 0.0263. The summed E-state index contributed by atoms with van der Waals surface area (Å²) in [7, 11) is 0. The zero-order valence-corrected chi connectivity index (χ0v) is 39.4. The molecule has 1 unspecified atom stereocenters. The Hall–Kier alpha value is -3.67. The standard InChI is InChI=1S/C55H90O6/c1-4-7-10-13-16-19-22-25-26-27-28-31-33-36-39-42-45-48-54(57)60-51-52(61-55(58)49-46-43-40-37-34-30-24-21-18-15-12-9-6-3)50-59-53(56)47-44-41-38-35-32-29-23-20-17-14-11-8-5-2/h7,10,16,19,25-26,28-32,34,36,39-40,43,52H,4-6,8-9,11-15,17-18,20-24,27,33,35,37-38,41-42,44-51H2,1-3H3/b10-7-,19-16-,26-25-,31-28-,32-29-,34-30-,39-36-,43-40-. The Morgan fingerprint density at radius 1 is 0.344 bits per heavy atom. The van der Waals surface area contributed by atoms with Gasteiger partial charge in [-0.05, 0) is 103 Å². The lowest BCUT2D eigenvalue weighted by molar-refractivity contribution is -0.166. The summed E-state index contributed by atoms with van der Waals surface area (Å²) in [5.41, 5.74) is 0. The fourth-order valence-electron chi connectivity index (χ4n) is 6.35. The SMILES string of the molecule is CC/C=C\C/C=C\C/C=C\C/C=C\C/C=C\CCCC(=O)OCC(COC(=O)CCCCC/C=C\CCCCCCCC)OC(=O)CC/C=C\C/C=C\CCCCCCCC. The van der Waals surface area contributed by atoms with Gasteiger partial charge in [-0.3, -0.25) is 14.4 Å². The summed E-state index contributed by atoms with van der Waals surface area (Å²) in [6.45, 7) is 6.37. The molecule has 0 N–H and O–H groups in total. The Kier molecular flexibility index (Phi) is 46.0. The van der Waals surface area contributed by atoms with Crippen LogP contribution in [0.1, 0.15) is 213 Å². The molecule has 0 aromatic rings. The maximum Gasteiger partial charge on any atom is 0.306 e. The molecule has 0 aromatic carbocycles. The fraction of sp³-hybridized carbons (Fsp3) is 0.655. The smallest absolute Gasteiger partial charge is 0.306 e. The molecule has 0 bridgehead atoms. The minimum Gasteiger partial charge on any atom is -0.462 e. The second kappa shape index (κ2) is 49.0. The molecule has 0 heterocycles. The van der Waals surface area contributed by atoms with Gasteiger partial charge in [0.15, 0.2) is 6.10 Å². The van der Waals surface area contributed by atoms with Crippen LogP contribution in [0, 0.1) is 0 Å². The van der Waals surface area contributed by atoms with Gasteiger partial charge in [0.25, 0.3) is 0 Å². The van der Waals surface area contributed by atoms with E-state index in [1.165, 1.54) is 77.0 Å². The lowest BCUT2D eigenvalue weighted by Gasteiger charge is -2.18. The van der Waals surface area contributed by atoms with Gasteiger partial charge in [0, 0.05) is 19.3 Å². The van der Waals surface area contributed by atoms with Gasteiger partial charge in [0.1, 0.15) is 13.2 Å². The minimum absolute atomic E-state index is 0.127. The molecule has 0 aliphatic rings. The van der Waals surface area contributed by atoms with E-state index >= 15 is 0 Å². The number of ether oxygens (including phenoxy) is 3. The molecule has 0 radical (unpaired) electrons. The number of allylic oxidation sites excluding steroid dienone is 16. The number of esters is 3. The topological polar surface area (TPSA) is 78.9 Å². The van der Waals surface area contributed by atoms with E-state index < -0.39 is 12.1 Å². The molecule has 1 atom stereocenters. The van der Waals surface area contributed by atoms with Crippen molar-refractivity contribution in [2.75, 3.05) is 13.2 Å². The zero-order chi connectivity index (χ0) is 44.4. The summed E-state index contributed by atoms with van der Waals surface area (Å²) in [6, 6.07) is 0. The van der Waals surface area contributed by atoms with Crippen molar-refractivity contribution >= 4 is 17.9 Å². The predicted octanol–water partition coefficient (Wildman–Crippen LogP) is 16.2. The third-order valence-corrected chi connectivity index (χ3v) is 10.1. The Morgan fingerprint density at radius 2 is 0.689 bits per heavy atom. The lowest BCUT2D eigenvalue weighted by atomic mass is 10.1. The summed E-state index contributed by atoms with van der Waals surface area (Å²) >= 11 is 0. The molecule has 0 amide bonds. The first-order valence-corrected chi connectivity index (χ1v) is 24.7. The molecule has 0 spiro atoms. The lowest BCUT2D eigenvalue weighted by Crippen LogP contribution is -2.30. The Labute approximate surface area is 375 Å². The van der Waals surface area contributed by atoms with Gasteiger partial charge in [-0.15, -0.1) is 0 Å². The van der Waals surface area contributed by atoms with Gasteiger partial charge in [-0.1, -0.05) is 189 Å². The first-order chi connectivity index (χ1) is 30.0. The first-order valence-electron chi connectivity index (χ1n) is 24.7. The van der Waals surface area contributed by atoms with Gasteiger partial charge in [-0.25, -0.2) is 0 Å². The molecule has 6 nitrogen and oxygen atoms in total. The highest BCUT2D eigenvalue weighted by atomic mass is 16.6. The van der Waals surface area contributed by atoms with E-state index in [1.807, 2.05) is 6.08 Å². The van der Waals surface area contributed by atoms with E-state index in [-0.39, 0.29) is 38.0 Å². The molecule has 0 rings (SSSR count). The zero-order valence-electron chi connectivity index (χ0n) is 39.4. The van der Waals surface area contributed by atoms with Crippen molar-refractivity contribution in [2.24, 2.45) is 0 Å². The predicted molar refractivity (Wildman–Crippen MR) is 260 cm³/mol. The summed E-state index contributed by atoms with van der Waals surface area (Å²) in [5.74, 6) is -1.08. The molecule has 0 aliphatic heterocycles. The van der Waals surface area contributed by atoms with Gasteiger partial charge < -0.3 is 14.2 Å². The van der Waals surface area contributed by atoms with Gasteiger partial charge >= 0.3 is 17.9 Å². The molecule has 6 heteroatoms. The van der Waals surface area contributed by atoms with Crippen LogP contribution in [-0.4, -0.2) is 37.2 Å². The van der Waals surface area contributed by atoms with E-state index in [2.05, 4.69) is 112 Å². The largest absolute Gasteiger partial charge is 0.462 e. The van der Waals surface area contributed by atoms with Crippen molar-refractivity contribution < 1.29 is 28.6 Å². The monoisotopic (exact) mass is 847 g/mol. The molecular formula is C55H90O6. The summed E-state index contributed by atoms with van der Waals surface area (Å²) in [4.78, 5) is 37.8. The van der Waals surface area contributed by atoms with Gasteiger partial charge in [-0.2, -0.15) is 0 Å². The Bertz CT molecular complexity index is 1250. The number of hydrogen-bond acceptors (Lipinski definition) is 6. The molecule has 0 fully saturated rings. The number of unbranched alkanes of at least 4 members (excludes halogenated alkanes) is 16. The molecule has 0 aromatic heterocycles. The van der Waals surface area contributed by atoms with E-state index in [0.29, 0.717) is 19.3 Å². The molecule has 0 saturated carbocycles. The van der Waals surface area contributed by atoms with Crippen molar-refractivity contribution in [3.05, 3.63) is 97.2 Å². The van der Waals surface area contributed by atoms with Crippen LogP contribution in [0.25, 0.3) is 0 Å². The van der Waals surface area contributed by atoms with Crippen LogP contribution in [0.3, 0.4) is 0 Å². The molecule has 346 valence electrons. The van der Waals surface area contributed by atoms with E-state index in [0.717, 1.165) is 83.5 Å². The molecule has 0 aliphatic carbocycles. The minimum atomic E-state index is -0.836. The van der Waals surface area contributed by atoms with Crippen molar-refractivity contribution in [1.82, 2.24) is 0 Å². The van der Waals surface area contributed by atoms with Crippen molar-refractivity contribution in [1.29, 1.82) is 0 Å². The third-order valence-electron chi connectivity index (χ3n) is 10.1. The Balaban J connectivity index is 4.57. The first kappa shape index (κ1) is 57.3. The highest BCUT2D eigenvalue weighted by molar-refractivity contribution is 5.71. The highest BCUT2D eigenvalue weighted by Crippen LogP contribution is 2.11. The molecule has 0 saturated heterocycles. The average Bonchev–Trinajstić information content (AvgIpc) is 3.26. The maximum absolute atomic E-state index is 12.7. The number of carbonyl (C=O) groups is 3. The maximum atomic E-state index is 12.7.